The summed E-state index contributed by atoms with van der Waals surface area (Å²) in [5.74, 6) is 5.67. The fraction of sp³-hybridized carbons (Fsp3) is 0.400. The minimum absolute atomic E-state index is 0.0726. The number of aromatic nitrogens is 2. The number of amides is 3. The van der Waals surface area contributed by atoms with E-state index in [1.54, 1.807) is 43.3 Å². The Morgan fingerprint density at radius 2 is 2.00 bits per heavy atom. The van der Waals surface area contributed by atoms with Crippen molar-refractivity contribution >= 4 is 40.9 Å². The van der Waals surface area contributed by atoms with Crippen LogP contribution in [0.2, 0.25) is 0 Å². The van der Waals surface area contributed by atoms with Gasteiger partial charge in [0.2, 0.25) is 11.9 Å². The summed E-state index contributed by atoms with van der Waals surface area (Å²) in [5.41, 5.74) is 1.61. The van der Waals surface area contributed by atoms with E-state index in [0.29, 0.717) is 60.5 Å². The van der Waals surface area contributed by atoms with Crippen molar-refractivity contribution in [1.29, 1.82) is 0 Å². The maximum Gasteiger partial charge on any atom is 0.295 e. The number of methoxy groups -OCH3 is 1. The van der Waals surface area contributed by atoms with E-state index in [9.17, 15) is 14.4 Å². The molecule has 3 amide bonds. The maximum atomic E-state index is 13.0. The summed E-state index contributed by atoms with van der Waals surface area (Å²) in [4.78, 5) is 49.4. The van der Waals surface area contributed by atoms with Gasteiger partial charge in [-0.3, -0.25) is 14.4 Å². The van der Waals surface area contributed by atoms with Crippen molar-refractivity contribution in [2.75, 3.05) is 48.9 Å². The lowest BCUT2D eigenvalue weighted by Gasteiger charge is -2.40. The molecule has 3 rings (SSSR count). The molecule has 36 heavy (non-hydrogen) atoms. The first-order valence-electron chi connectivity index (χ1n) is 11.7. The smallest absolute Gasteiger partial charge is 0.295 e. The number of carbonyl (C=O) groups excluding carboxylic acids is 3. The molecular weight excluding hydrogens is 462 g/mol. The van der Waals surface area contributed by atoms with Crippen molar-refractivity contribution in [2.24, 2.45) is 0 Å². The minimum Gasteiger partial charge on any atom is -0.495 e. The monoisotopic (exact) mass is 493 g/mol. The lowest BCUT2D eigenvalue weighted by Crippen LogP contribution is -2.54. The van der Waals surface area contributed by atoms with E-state index in [1.807, 2.05) is 18.7 Å². The molecule has 0 fully saturated rings. The number of nitrogens with zero attached hydrogens (tertiary/aromatic N) is 4. The topological polar surface area (TPSA) is 129 Å². The van der Waals surface area contributed by atoms with E-state index in [2.05, 4.69) is 32.8 Å². The van der Waals surface area contributed by atoms with E-state index in [4.69, 9.17) is 9.72 Å². The van der Waals surface area contributed by atoms with E-state index < -0.39 is 6.04 Å². The summed E-state index contributed by atoms with van der Waals surface area (Å²) in [7, 11) is 3.21. The van der Waals surface area contributed by atoms with Crippen molar-refractivity contribution in [1.82, 2.24) is 20.6 Å². The van der Waals surface area contributed by atoms with Crippen molar-refractivity contribution in [3.05, 3.63) is 30.0 Å². The summed E-state index contributed by atoms with van der Waals surface area (Å²) in [6.45, 7) is 6.55. The fourth-order valence-corrected chi connectivity index (χ4v) is 3.92. The highest BCUT2D eigenvalue weighted by Crippen LogP contribution is 2.35. The van der Waals surface area contributed by atoms with E-state index in [0.717, 1.165) is 0 Å². The second-order valence-corrected chi connectivity index (χ2v) is 7.95. The predicted molar refractivity (Wildman–Crippen MR) is 138 cm³/mol. The Hall–Kier alpha value is -4.33. The standard InChI is InChI=1S/C25H31N7O4/c1-6-9-21(33)27-12-13-32-18(7-2)24(35)31(4)19-15-28-25(30-22(19)32)29-17-11-10-16(14-20(17)36-5)23(34)26-8-3/h10-11,14-15,18H,7-8,12-13H2,1-5H3,(H,26,34)(H,27,33)(H,28,29,30). The van der Waals surface area contributed by atoms with E-state index >= 15 is 0 Å². The SMILES string of the molecule is CC#CC(=O)NCCN1c2nc(Nc3ccc(C(=O)NCC)cc3OC)ncc2N(C)C(=O)C1CC. The summed E-state index contributed by atoms with van der Waals surface area (Å²) < 4.78 is 5.47. The van der Waals surface area contributed by atoms with Gasteiger partial charge in [-0.2, -0.15) is 4.98 Å². The number of rotatable bonds is 9. The highest BCUT2D eigenvalue weighted by atomic mass is 16.5. The van der Waals surface area contributed by atoms with Crippen LogP contribution in [0.25, 0.3) is 0 Å². The molecule has 1 aliphatic rings. The molecule has 1 aromatic carbocycles. The third-order valence-corrected chi connectivity index (χ3v) is 5.69. The second kappa shape index (κ2) is 11.9. The molecule has 0 aliphatic carbocycles. The normalized spacial score (nSPS) is 14.4. The van der Waals surface area contributed by atoms with Crippen LogP contribution in [-0.2, 0) is 9.59 Å². The zero-order valence-corrected chi connectivity index (χ0v) is 21.1. The zero-order chi connectivity index (χ0) is 26.2. The van der Waals surface area contributed by atoms with Crippen LogP contribution in [0, 0.1) is 11.8 Å². The lowest BCUT2D eigenvalue weighted by atomic mass is 10.1. The number of benzene rings is 1. The average molecular weight is 494 g/mol. The largest absolute Gasteiger partial charge is 0.495 e. The minimum atomic E-state index is -0.440. The van der Waals surface area contributed by atoms with Gasteiger partial charge in [-0.05, 0) is 44.4 Å². The molecule has 1 atom stereocenters. The van der Waals surface area contributed by atoms with Gasteiger partial charge in [0.25, 0.3) is 11.8 Å². The molecule has 1 unspecified atom stereocenters. The molecule has 11 nitrogen and oxygen atoms in total. The molecule has 0 radical (unpaired) electrons. The molecule has 0 spiro atoms. The van der Waals surface area contributed by atoms with Crippen LogP contribution >= 0.6 is 0 Å². The number of nitrogens with one attached hydrogen (secondary N) is 3. The summed E-state index contributed by atoms with van der Waals surface area (Å²) >= 11 is 0. The molecule has 11 heteroatoms. The molecule has 0 saturated carbocycles. The van der Waals surface area contributed by atoms with Gasteiger partial charge in [-0.25, -0.2) is 4.98 Å². The Kier molecular flexibility index (Phi) is 8.67. The van der Waals surface area contributed by atoms with Gasteiger partial charge in [0.05, 0.1) is 19.0 Å². The number of anilines is 4. The van der Waals surface area contributed by atoms with Crippen molar-refractivity contribution in [2.45, 2.75) is 33.2 Å². The summed E-state index contributed by atoms with van der Waals surface area (Å²) in [6, 6.07) is 4.60. The second-order valence-electron chi connectivity index (χ2n) is 7.95. The van der Waals surface area contributed by atoms with Crippen LogP contribution in [-0.4, -0.2) is 67.5 Å². The van der Waals surface area contributed by atoms with Crippen LogP contribution in [0.4, 0.5) is 23.1 Å². The van der Waals surface area contributed by atoms with E-state index in [1.165, 1.54) is 7.11 Å². The fourth-order valence-electron chi connectivity index (χ4n) is 3.92. The lowest BCUT2D eigenvalue weighted by molar-refractivity contribution is -0.120. The molecule has 3 N–H and O–H groups in total. The summed E-state index contributed by atoms with van der Waals surface area (Å²) in [5, 5.41) is 8.64. The number of ether oxygens (including phenoxy) is 1. The first kappa shape index (κ1) is 26.3. The average Bonchev–Trinajstić information content (AvgIpc) is 2.87. The molecule has 1 aromatic heterocycles. The first-order chi connectivity index (χ1) is 17.3. The van der Waals surface area contributed by atoms with Gasteiger partial charge in [0.15, 0.2) is 5.82 Å². The van der Waals surface area contributed by atoms with E-state index in [-0.39, 0.29) is 17.7 Å². The highest BCUT2D eigenvalue weighted by molar-refractivity contribution is 6.04. The van der Waals surface area contributed by atoms with Gasteiger partial charge in [0, 0.05) is 32.2 Å². The third kappa shape index (κ3) is 5.66. The third-order valence-electron chi connectivity index (χ3n) is 5.69. The molecule has 2 aromatic rings. The number of carbonyl (C=O) groups is 3. The molecular formula is C25H31N7O4. The Morgan fingerprint density at radius 3 is 2.67 bits per heavy atom. The molecule has 2 heterocycles. The van der Waals surface area contributed by atoms with Gasteiger partial charge < -0.3 is 30.5 Å². The maximum absolute atomic E-state index is 13.0. The van der Waals surface area contributed by atoms with Crippen molar-refractivity contribution < 1.29 is 19.1 Å². The Balaban J connectivity index is 1.91. The number of fused-ring (bicyclic) bond motifs is 1. The highest BCUT2D eigenvalue weighted by Gasteiger charge is 2.36. The summed E-state index contributed by atoms with van der Waals surface area (Å²) in [6.07, 6.45) is 2.14. The van der Waals surface area contributed by atoms with Crippen LogP contribution in [0.3, 0.4) is 0 Å². The number of hydrogen-bond acceptors (Lipinski definition) is 8. The van der Waals surface area contributed by atoms with Gasteiger partial charge in [-0.1, -0.05) is 12.8 Å². The zero-order valence-electron chi connectivity index (χ0n) is 21.1. The molecule has 1 aliphatic heterocycles. The molecule has 0 bridgehead atoms. The predicted octanol–water partition coefficient (Wildman–Crippen LogP) is 1.68. The van der Waals surface area contributed by atoms with Crippen LogP contribution in [0.15, 0.2) is 24.4 Å². The van der Waals surface area contributed by atoms with Crippen molar-refractivity contribution in [3.63, 3.8) is 0 Å². The first-order valence-corrected chi connectivity index (χ1v) is 11.7. The van der Waals surface area contributed by atoms with Crippen LogP contribution < -0.4 is 30.5 Å². The van der Waals surface area contributed by atoms with Gasteiger partial charge in [0.1, 0.15) is 17.5 Å². The Bertz CT molecular complexity index is 1200. The number of hydrogen-bond donors (Lipinski definition) is 3. The Labute approximate surface area is 210 Å². The van der Waals surface area contributed by atoms with Crippen LogP contribution in [0.1, 0.15) is 37.6 Å². The van der Waals surface area contributed by atoms with Crippen molar-refractivity contribution in [3.8, 4) is 17.6 Å². The van der Waals surface area contributed by atoms with Gasteiger partial charge >= 0.3 is 0 Å². The van der Waals surface area contributed by atoms with Crippen LogP contribution in [0.5, 0.6) is 5.75 Å². The molecule has 0 saturated heterocycles. The molecule has 190 valence electrons. The van der Waals surface area contributed by atoms with Gasteiger partial charge in [-0.15, -0.1) is 0 Å². The Morgan fingerprint density at radius 1 is 1.22 bits per heavy atom. The quantitative estimate of drug-likeness (QED) is 0.450. The number of likely N-dealkylation sites (N-methyl/N-ethyl adjacent to an activating group) is 1.